The van der Waals surface area contributed by atoms with Crippen LogP contribution in [-0.4, -0.2) is 34.4 Å². The van der Waals surface area contributed by atoms with Gasteiger partial charge in [-0.25, -0.2) is 0 Å². The average molecular weight is 193 g/mol. The Balaban J connectivity index is 2.39. The smallest absolute Gasteiger partial charge is 0.267 e. The Morgan fingerprint density at radius 1 is 1.42 bits per heavy atom. The van der Waals surface area contributed by atoms with E-state index in [-0.39, 0.29) is 11.7 Å². The summed E-state index contributed by atoms with van der Waals surface area (Å²) < 4.78 is 26.4. The predicted octanol–water partition coefficient (Wildman–Crippen LogP) is -0.0378. The minimum absolute atomic E-state index is 0.172. The van der Waals surface area contributed by atoms with Gasteiger partial charge in [0.15, 0.2) is 0 Å². The molecule has 0 spiro atoms. The van der Waals surface area contributed by atoms with Crippen LogP contribution in [0.15, 0.2) is 0 Å². The van der Waals surface area contributed by atoms with Crippen LogP contribution in [0, 0.1) is 5.92 Å². The predicted molar refractivity (Wildman–Crippen MR) is 46.4 cm³/mol. The molecule has 0 bridgehead atoms. The van der Waals surface area contributed by atoms with Gasteiger partial charge in [0.25, 0.3) is 10.1 Å². The highest BCUT2D eigenvalue weighted by Crippen LogP contribution is 2.14. The minimum atomic E-state index is -3.25. The molecule has 4 nitrogen and oxygen atoms in total. The summed E-state index contributed by atoms with van der Waals surface area (Å²) in [6.45, 7) is 1.84. The third-order valence-electron chi connectivity index (χ3n) is 2.15. The van der Waals surface area contributed by atoms with Crippen LogP contribution >= 0.6 is 0 Å². The molecule has 1 fully saturated rings. The molecule has 0 aromatic heterocycles. The molecule has 0 saturated carbocycles. The zero-order valence-electron chi connectivity index (χ0n) is 7.25. The maximum absolute atomic E-state index is 11.0. The zero-order chi connectivity index (χ0) is 9.03. The molecular weight excluding hydrogens is 178 g/mol. The molecule has 12 heavy (non-hydrogen) atoms. The first-order valence-electron chi connectivity index (χ1n) is 4.13. The number of piperidine rings is 1. The highest BCUT2D eigenvalue weighted by atomic mass is 32.2. The molecule has 1 N–H and O–H groups in total. The van der Waals surface area contributed by atoms with E-state index in [9.17, 15) is 8.42 Å². The molecule has 0 aromatic rings. The lowest BCUT2D eigenvalue weighted by atomic mass is 10.0. The van der Waals surface area contributed by atoms with Gasteiger partial charge in [-0.15, -0.1) is 0 Å². The maximum Gasteiger partial charge on any atom is 0.267 e. The summed E-state index contributed by atoms with van der Waals surface area (Å²) >= 11 is 0. The van der Waals surface area contributed by atoms with Gasteiger partial charge in [-0.1, -0.05) is 0 Å². The van der Waals surface area contributed by atoms with E-state index in [1.54, 1.807) is 0 Å². The normalized spacial score (nSPS) is 21.1. The van der Waals surface area contributed by atoms with Gasteiger partial charge in [0.2, 0.25) is 0 Å². The fourth-order valence-electron chi connectivity index (χ4n) is 1.41. The zero-order valence-corrected chi connectivity index (χ0v) is 8.06. The molecule has 0 unspecified atom stereocenters. The second-order valence-electron chi connectivity index (χ2n) is 3.08. The summed E-state index contributed by atoms with van der Waals surface area (Å²) in [5, 5.41) is 3.18. The molecule has 0 amide bonds. The summed E-state index contributed by atoms with van der Waals surface area (Å²) in [4.78, 5) is 0. The molecule has 0 aliphatic carbocycles. The van der Waals surface area contributed by atoms with Crippen LogP contribution in [0.5, 0.6) is 0 Å². The molecule has 1 aliphatic rings. The van der Waals surface area contributed by atoms with Gasteiger partial charge < -0.3 is 5.32 Å². The third-order valence-corrected chi connectivity index (χ3v) is 3.54. The topological polar surface area (TPSA) is 55.4 Å². The third kappa shape index (κ3) is 3.08. The van der Waals surface area contributed by atoms with Crippen molar-refractivity contribution in [2.75, 3.05) is 26.0 Å². The van der Waals surface area contributed by atoms with Gasteiger partial charge in [0.1, 0.15) is 0 Å². The molecule has 5 heteroatoms. The second-order valence-corrected chi connectivity index (χ2v) is 4.87. The SMILES string of the molecule is COS(=O)(=O)CC1CCNCC1. The number of hydrogen-bond acceptors (Lipinski definition) is 4. The Kier molecular flexibility index (Phi) is 3.49. The van der Waals surface area contributed by atoms with E-state index < -0.39 is 10.1 Å². The molecule has 1 saturated heterocycles. The quantitative estimate of drug-likeness (QED) is 0.639. The number of rotatable bonds is 3. The highest BCUT2D eigenvalue weighted by molar-refractivity contribution is 7.86. The van der Waals surface area contributed by atoms with Crippen molar-refractivity contribution in [1.29, 1.82) is 0 Å². The van der Waals surface area contributed by atoms with Crippen LogP contribution in [0.4, 0.5) is 0 Å². The largest absolute Gasteiger partial charge is 0.317 e. The van der Waals surface area contributed by atoms with Crippen LogP contribution in [-0.2, 0) is 14.3 Å². The molecule has 1 aliphatic heterocycles. The van der Waals surface area contributed by atoms with Crippen molar-refractivity contribution >= 4 is 10.1 Å². The van der Waals surface area contributed by atoms with Crippen molar-refractivity contribution in [3.8, 4) is 0 Å². The number of nitrogens with one attached hydrogen (secondary N) is 1. The number of hydrogen-bond donors (Lipinski definition) is 1. The van der Waals surface area contributed by atoms with E-state index >= 15 is 0 Å². The van der Waals surface area contributed by atoms with Crippen LogP contribution < -0.4 is 5.32 Å². The molecule has 72 valence electrons. The Morgan fingerprint density at radius 3 is 2.50 bits per heavy atom. The van der Waals surface area contributed by atoms with E-state index in [0.29, 0.717) is 0 Å². The van der Waals surface area contributed by atoms with Crippen LogP contribution in [0.2, 0.25) is 0 Å². The molecular formula is C7H15NO3S. The summed E-state index contributed by atoms with van der Waals surface area (Å²) in [6, 6.07) is 0. The molecule has 1 heterocycles. The summed E-state index contributed by atoms with van der Waals surface area (Å²) in [7, 11) is -2.03. The van der Waals surface area contributed by atoms with Gasteiger partial charge in [-0.3, -0.25) is 4.18 Å². The summed E-state index contributed by atoms with van der Waals surface area (Å²) in [5.74, 6) is 0.446. The molecule has 1 rings (SSSR count). The van der Waals surface area contributed by atoms with Gasteiger partial charge >= 0.3 is 0 Å². The van der Waals surface area contributed by atoms with Crippen molar-refractivity contribution in [3.63, 3.8) is 0 Å². The first-order valence-corrected chi connectivity index (χ1v) is 5.71. The Hall–Kier alpha value is -0.130. The van der Waals surface area contributed by atoms with Gasteiger partial charge in [0, 0.05) is 0 Å². The van der Waals surface area contributed by atoms with E-state index in [0.717, 1.165) is 25.9 Å². The van der Waals surface area contributed by atoms with Crippen LogP contribution in [0.3, 0.4) is 0 Å². The van der Waals surface area contributed by atoms with Crippen molar-refractivity contribution in [3.05, 3.63) is 0 Å². The van der Waals surface area contributed by atoms with Crippen LogP contribution in [0.25, 0.3) is 0 Å². The standard InChI is InChI=1S/C7H15NO3S/c1-11-12(9,10)6-7-2-4-8-5-3-7/h7-8H,2-6H2,1H3. The van der Waals surface area contributed by atoms with Crippen molar-refractivity contribution in [2.45, 2.75) is 12.8 Å². The van der Waals surface area contributed by atoms with E-state index in [1.807, 2.05) is 0 Å². The van der Waals surface area contributed by atoms with E-state index in [4.69, 9.17) is 0 Å². The summed E-state index contributed by atoms with van der Waals surface area (Å²) in [5.41, 5.74) is 0. The van der Waals surface area contributed by atoms with Crippen molar-refractivity contribution in [2.24, 2.45) is 5.92 Å². The van der Waals surface area contributed by atoms with Crippen LogP contribution in [0.1, 0.15) is 12.8 Å². The summed E-state index contributed by atoms with van der Waals surface area (Å²) in [6.07, 6.45) is 1.87. The van der Waals surface area contributed by atoms with E-state index in [2.05, 4.69) is 9.50 Å². The van der Waals surface area contributed by atoms with Gasteiger partial charge in [-0.2, -0.15) is 8.42 Å². The average Bonchev–Trinajstić information content (AvgIpc) is 2.06. The lowest BCUT2D eigenvalue weighted by Crippen LogP contribution is -2.31. The molecule has 0 aromatic carbocycles. The minimum Gasteiger partial charge on any atom is -0.317 e. The Labute approximate surface area is 73.4 Å². The fraction of sp³-hybridized carbons (Fsp3) is 1.00. The Morgan fingerprint density at radius 2 is 2.00 bits per heavy atom. The second kappa shape index (κ2) is 4.20. The van der Waals surface area contributed by atoms with Gasteiger partial charge in [-0.05, 0) is 31.8 Å². The fourth-order valence-corrected chi connectivity index (χ4v) is 2.45. The van der Waals surface area contributed by atoms with Crippen molar-refractivity contribution < 1.29 is 12.6 Å². The lowest BCUT2D eigenvalue weighted by molar-refractivity contribution is 0.362. The molecule has 0 radical (unpaired) electrons. The maximum atomic E-state index is 11.0. The Bertz CT molecular complexity index is 219. The lowest BCUT2D eigenvalue weighted by Gasteiger charge is -2.21. The molecule has 0 atom stereocenters. The van der Waals surface area contributed by atoms with Crippen molar-refractivity contribution in [1.82, 2.24) is 5.32 Å². The highest BCUT2D eigenvalue weighted by Gasteiger charge is 2.20. The van der Waals surface area contributed by atoms with E-state index in [1.165, 1.54) is 7.11 Å². The van der Waals surface area contributed by atoms with Gasteiger partial charge in [0.05, 0.1) is 12.9 Å². The monoisotopic (exact) mass is 193 g/mol. The first kappa shape index (κ1) is 9.95. The first-order chi connectivity index (χ1) is 5.64.